The highest BCUT2D eigenvalue weighted by molar-refractivity contribution is 7.99. The number of ether oxygens (including phenoxy) is 1. The number of aliphatic hydroxyl groups excluding tert-OH is 1. The van der Waals surface area contributed by atoms with E-state index in [0.717, 1.165) is 36.8 Å². The quantitative estimate of drug-likeness (QED) is 0.501. The first-order valence-electron chi connectivity index (χ1n) is 7.24. The van der Waals surface area contributed by atoms with Crippen molar-refractivity contribution in [1.29, 1.82) is 0 Å². The highest BCUT2D eigenvalue weighted by atomic mass is 32.2. The molecule has 0 amide bonds. The lowest BCUT2D eigenvalue weighted by molar-refractivity contribution is -0.0276. The van der Waals surface area contributed by atoms with E-state index in [0.29, 0.717) is 19.3 Å². The number of terminal acetylenes is 1. The molecular weight excluding hydrogens is 258 g/mol. The van der Waals surface area contributed by atoms with Gasteiger partial charge in [-0.15, -0.1) is 18.2 Å². The van der Waals surface area contributed by atoms with Gasteiger partial charge in [-0.25, -0.2) is 0 Å². The first kappa shape index (κ1) is 16.8. The smallest absolute Gasteiger partial charge is 0.0897 e. The van der Waals surface area contributed by atoms with Crippen molar-refractivity contribution in [3.8, 4) is 12.3 Å². The molecule has 0 aromatic carbocycles. The van der Waals surface area contributed by atoms with Crippen molar-refractivity contribution < 1.29 is 9.84 Å². The molecule has 1 atom stereocenters. The lowest BCUT2D eigenvalue weighted by Crippen LogP contribution is -2.33. The SMILES string of the molecule is C#CCSCCNCC(O)COC1CCC(C)CC1. The summed E-state index contributed by atoms with van der Waals surface area (Å²) in [5.41, 5.74) is 0. The van der Waals surface area contributed by atoms with Crippen LogP contribution in [0, 0.1) is 18.3 Å². The summed E-state index contributed by atoms with van der Waals surface area (Å²) in [4.78, 5) is 0. The molecule has 1 rings (SSSR count). The molecule has 0 aliphatic heterocycles. The summed E-state index contributed by atoms with van der Waals surface area (Å²) in [6, 6.07) is 0. The molecule has 0 radical (unpaired) electrons. The summed E-state index contributed by atoms with van der Waals surface area (Å²) in [6.07, 6.45) is 9.91. The summed E-state index contributed by atoms with van der Waals surface area (Å²) in [5.74, 6) is 5.17. The third-order valence-electron chi connectivity index (χ3n) is 3.48. The maximum Gasteiger partial charge on any atom is 0.0897 e. The molecule has 4 heteroatoms. The van der Waals surface area contributed by atoms with Crippen molar-refractivity contribution in [2.75, 3.05) is 31.2 Å². The van der Waals surface area contributed by atoms with Crippen LogP contribution in [0.3, 0.4) is 0 Å². The van der Waals surface area contributed by atoms with Gasteiger partial charge in [0.1, 0.15) is 0 Å². The zero-order valence-corrected chi connectivity index (χ0v) is 12.8. The molecule has 19 heavy (non-hydrogen) atoms. The van der Waals surface area contributed by atoms with E-state index in [2.05, 4.69) is 18.2 Å². The molecular formula is C15H27NO2S. The Bertz CT molecular complexity index is 259. The van der Waals surface area contributed by atoms with Crippen LogP contribution in [0.2, 0.25) is 0 Å². The van der Waals surface area contributed by atoms with Gasteiger partial charge in [-0.2, -0.15) is 0 Å². The lowest BCUT2D eigenvalue weighted by Gasteiger charge is -2.27. The fraction of sp³-hybridized carbons (Fsp3) is 0.867. The van der Waals surface area contributed by atoms with Gasteiger partial charge >= 0.3 is 0 Å². The fourth-order valence-corrected chi connectivity index (χ4v) is 2.80. The Labute approximate surface area is 121 Å². The van der Waals surface area contributed by atoms with Crippen LogP contribution in [0.4, 0.5) is 0 Å². The van der Waals surface area contributed by atoms with Gasteiger partial charge in [0.15, 0.2) is 0 Å². The molecule has 1 aliphatic carbocycles. The van der Waals surface area contributed by atoms with Gasteiger partial charge in [-0.1, -0.05) is 12.8 Å². The zero-order chi connectivity index (χ0) is 13.9. The van der Waals surface area contributed by atoms with E-state index in [1.165, 1.54) is 12.8 Å². The number of thioether (sulfide) groups is 1. The van der Waals surface area contributed by atoms with Crippen molar-refractivity contribution >= 4 is 11.8 Å². The van der Waals surface area contributed by atoms with E-state index in [4.69, 9.17) is 11.2 Å². The Kier molecular flexibility index (Phi) is 9.36. The van der Waals surface area contributed by atoms with Crippen LogP contribution in [0.1, 0.15) is 32.6 Å². The molecule has 1 fully saturated rings. The van der Waals surface area contributed by atoms with E-state index in [1.807, 2.05) is 0 Å². The fourth-order valence-electron chi connectivity index (χ4n) is 2.25. The summed E-state index contributed by atoms with van der Waals surface area (Å²) in [5, 5.41) is 13.0. The molecule has 0 spiro atoms. The van der Waals surface area contributed by atoms with Crippen LogP contribution in [0.25, 0.3) is 0 Å². The minimum Gasteiger partial charge on any atom is -0.389 e. The lowest BCUT2D eigenvalue weighted by atomic mass is 9.89. The van der Waals surface area contributed by atoms with E-state index >= 15 is 0 Å². The Morgan fingerprint density at radius 3 is 2.84 bits per heavy atom. The molecule has 0 aromatic heterocycles. The maximum absolute atomic E-state index is 9.81. The van der Waals surface area contributed by atoms with E-state index in [-0.39, 0.29) is 0 Å². The van der Waals surface area contributed by atoms with Crippen LogP contribution >= 0.6 is 11.8 Å². The Hall–Kier alpha value is -0.210. The molecule has 1 aliphatic rings. The average Bonchev–Trinajstić information content (AvgIpc) is 2.42. The molecule has 2 N–H and O–H groups in total. The van der Waals surface area contributed by atoms with Crippen LogP contribution in [-0.2, 0) is 4.74 Å². The van der Waals surface area contributed by atoms with Crippen molar-refractivity contribution in [3.05, 3.63) is 0 Å². The average molecular weight is 285 g/mol. The van der Waals surface area contributed by atoms with Crippen LogP contribution < -0.4 is 5.32 Å². The van der Waals surface area contributed by atoms with E-state index in [9.17, 15) is 5.11 Å². The first-order valence-corrected chi connectivity index (χ1v) is 8.39. The number of aliphatic hydroxyl groups is 1. The predicted octanol–water partition coefficient (Wildman–Crippen LogP) is 1.90. The van der Waals surface area contributed by atoms with Crippen LogP contribution in [0.5, 0.6) is 0 Å². The largest absolute Gasteiger partial charge is 0.389 e. The van der Waals surface area contributed by atoms with Gasteiger partial charge in [-0.05, 0) is 31.6 Å². The zero-order valence-electron chi connectivity index (χ0n) is 11.9. The summed E-state index contributed by atoms with van der Waals surface area (Å²) in [7, 11) is 0. The van der Waals surface area contributed by atoms with Gasteiger partial charge < -0.3 is 15.2 Å². The number of nitrogens with one attached hydrogen (secondary N) is 1. The summed E-state index contributed by atoms with van der Waals surface area (Å²) < 4.78 is 5.77. The molecule has 110 valence electrons. The Balaban J connectivity index is 1.93. The molecule has 0 bridgehead atoms. The van der Waals surface area contributed by atoms with Gasteiger partial charge in [0.25, 0.3) is 0 Å². The predicted molar refractivity (Wildman–Crippen MR) is 82.4 cm³/mol. The van der Waals surface area contributed by atoms with Crippen molar-refractivity contribution in [3.63, 3.8) is 0 Å². The molecule has 3 nitrogen and oxygen atoms in total. The first-order chi connectivity index (χ1) is 9.22. The monoisotopic (exact) mass is 285 g/mol. The van der Waals surface area contributed by atoms with Crippen molar-refractivity contribution in [1.82, 2.24) is 5.32 Å². The van der Waals surface area contributed by atoms with E-state index in [1.54, 1.807) is 11.8 Å². The third-order valence-corrected chi connectivity index (χ3v) is 4.34. The standard InChI is InChI=1S/C15H27NO2S/c1-3-9-19-10-8-16-11-14(17)12-18-15-6-4-13(2)5-7-15/h1,13-17H,4-12H2,2H3. The molecule has 1 unspecified atom stereocenters. The number of hydrogen-bond donors (Lipinski definition) is 2. The van der Waals surface area contributed by atoms with Crippen molar-refractivity contribution in [2.24, 2.45) is 5.92 Å². The van der Waals surface area contributed by atoms with E-state index < -0.39 is 6.10 Å². The molecule has 0 heterocycles. The minimum atomic E-state index is -0.406. The maximum atomic E-state index is 9.81. The van der Waals surface area contributed by atoms with Crippen LogP contribution in [-0.4, -0.2) is 48.5 Å². The van der Waals surface area contributed by atoms with Crippen LogP contribution in [0.15, 0.2) is 0 Å². The molecule has 0 aromatic rings. The second-order valence-corrected chi connectivity index (χ2v) is 6.44. The second-order valence-electron chi connectivity index (χ2n) is 5.33. The van der Waals surface area contributed by atoms with Gasteiger partial charge in [0.2, 0.25) is 0 Å². The Morgan fingerprint density at radius 2 is 2.16 bits per heavy atom. The molecule has 1 saturated carbocycles. The van der Waals surface area contributed by atoms with Gasteiger partial charge in [0.05, 0.1) is 24.6 Å². The third kappa shape index (κ3) is 8.54. The second kappa shape index (κ2) is 10.6. The summed E-state index contributed by atoms with van der Waals surface area (Å²) >= 11 is 1.73. The highest BCUT2D eigenvalue weighted by Crippen LogP contribution is 2.25. The Morgan fingerprint density at radius 1 is 1.42 bits per heavy atom. The topological polar surface area (TPSA) is 41.5 Å². The highest BCUT2D eigenvalue weighted by Gasteiger charge is 2.19. The molecule has 0 saturated heterocycles. The summed E-state index contributed by atoms with van der Waals surface area (Å²) in [6.45, 7) is 4.22. The van der Waals surface area contributed by atoms with Gasteiger partial charge in [0, 0.05) is 18.8 Å². The number of hydrogen-bond acceptors (Lipinski definition) is 4. The van der Waals surface area contributed by atoms with Gasteiger partial charge in [-0.3, -0.25) is 0 Å². The normalized spacial score (nSPS) is 24.9. The number of rotatable bonds is 9. The minimum absolute atomic E-state index is 0.358. The van der Waals surface area contributed by atoms with Crippen molar-refractivity contribution in [2.45, 2.75) is 44.8 Å².